The molecule has 1 aromatic heterocycles. The van der Waals surface area contributed by atoms with E-state index in [1.807, 2.05) is 78.9 Å². The van der Waals surface area contributed by atoms with Gasteiger partial charge in [0.25, 0.3) is 0 Å². The fraction of sp³-hybridized carbons (Fsp3) is 0. The first kappa shape index (κ1) is 28.1. The van der Waals surface area contributed by atoms with E-state index in [-0.39, 0.29) is 54.3 Å². The Kier molecular flexibility index (Phi) is 16.0. The first-order chi connectivity index (χ1) is 11.9. The maximum absolute atomic E-state index is 4.46. The summed E-state index contributed by atoms with van der Waals surface area (Å²) in [6, 6.07) is 25.2. The van der Waals surface area contributed by atoms with Crippen molar-refractivity contribution >= 4 is 23.8 Å². The number of nitrogens with one attached hydrogen (secondary N) is 2. The van der Waals surface area contributed by atoms with Crippen LogP contribution in [-0.2, 0) is 17.1 Å². The summed E-state index contributed by atoms with van der Waals surface area (Å²) < 4.78 is 0. The Hall–Kier alpha value is -2.08. The van der Waals surface area contributed by atoms with Crippen molar-refractivity contribution in [3.8, 4) is 0 Å². The van der Waals surface area contributed by atoms with Crippen LogP contribution in [0.25, 0.3) is 0 Å². The molecule has 9 heteroatoms. The summed E-state index contributed by atoms with van der Waals surface area (Å²) in [4.78, 5) is 4.46. The number of rotatable bonds is 6. The number of aromatic nitrogens is 1. The van der Waals surface area contributed by atoms with Gasteiger partial charge in [-0.25, -0.2) is 4.98 Å². The molecule has 2 N–H and O–H groups in total. The van der Waals surface area contributed by atoms with E-state index in [2.05, 4.69) is 26.0 Å². The minimum Gasteiger partial charge on any atom is -1.00 e. The van der Waals surface area contributed by atoms with Crippen LogP contribution in [0.3, 0.4) is 0 Å². The molecule has 1 radical (unpaired) electrons. The van der Waals surface area contributed by atoms with Gasteiger partial charge in [-0.15, -0.1) is 0 Å². The minimum atomic E-state index is 0. The zero-order valence-electron chi connectivity index (χ0n) is 14.5. The van der Waals surface area contributed by atoms with E-state index < -0.39 is 0 Å². The van der Waals surface area contributed by atoms with Crippen LogP contribution in [0.1, 0.15) is 11.4 Å². The van der Waals surface area contributed by atoms with Crippen LogP contribution >= 0.6 is 0 Å². The predicted molar refractivity (Wildman–Crippen MR) is 99.6 cm³/mol. The van der Waals surface area contributed by atoms with Crippen LogP contribution < -0.4 is 48.1 Å². The number of anilines is 2. The van der Waals surface area contributed by atoms with E-state index in [0.717, 1.165) is 22.8 Å². The van der Waals surface area contributed by atoms with E-state index in [1.165, 1.54) is 0 Å². The summed E-state index contributed by atoms with van der Waals surface area (Å²) in [6.45, 7) is 0. The molecule has 28 heavy (non-hydrogen) atoms. The van der Waals surface area contributed by atoms with Gasteiger partial charge in [0, 0.05) is 0 Å². The second kappa shape index (κ2) is 15.9. The number of nitrogens with zero attached hydrogens (tertiary/aromatic N) is 3. The molecule has 0 aliphatic rings. The molecule has 3 aromatic rings. The average molecular weight is 478 g/mol. The van der Waals surface area contributed by atoms with Crippen molar-refractivity contribution in [3.63, 3.8) is 0 Å². The third-order valence-corrected chi connectivity index (χ3v) is 3.12. The Bertz CT molecular complexity index is 766. The molecule has 0 aliphatic carbocycles. The molecule has 0 aliphatic heterocycles. The zero-order chi connectivity index (χ0) is 16.5. The summed E-state index contributed by atoms with van der Waals surface area (Å²) in [6.07, 6.45) is 3.35. The van der Waals surface area contributed by atoms with Crippen molar-refractivity contribution in [2.45, 2.75) is 0 Å². The largest absolute Gasteiger partial charge is 3.00 e. The van der Waals surface area contributed by atoms with Crippen molar-refractivity contribution in [2.75, 3.05) is 10.9 Å². The maximum atomic E-state index is 4.46. The van der Waals surface area contributed by atoms with Crippen molar-refractivity contribution < 1.29 is 54.3 Å². The van der Waals surface area contributed by atoms with Crippen LogP contribution in [0, 0.1) is 0 Å². The number of halogens is 3. The molecule has 1 heterocycles. The number of hydrogen-bond donors (Lipinski definition) is 2. The standard InChI is InChI=1S/C19H17N5.3ClH.Fe/c1-3-8-16(9-4-1)23-20-14-18-12-7-13-19(22-18)15-21-24-17-10-5-2-6-11-17;;;;/h1-15,23-24H;3*1H;/q;;;;+3/p-3. The van der Waals surface area contributed by atoms with Gasteiger partial charge in [0.05, 0.1) is 35.2 Å². The van der Waals surface area contributed by atoms with Gasteiger partial charge in [0.2, 0.25) is 0 Å². The second-order valence-electron chi connectivity index (χ2n) is 4.96. The molecule has 0 spiro atoms. The monoisotopic (exact) mass is 476 g/mol. The first-order valence-corrected chi connectivity index (χ1v) is 7.55. The van der Waals surface area contributed by atoms with E-state index in [1.54, 1.807) is 12.4 Å². The van der Waals surface area contributed by atoms with Gasteiger partial charge in [0.1, 0.15) is 0 Å². The molecular formula is C19H17Cl3FeN5. The van der Waals surface area contributed by atoms with Crippen molar-refractivity contribution in [1.29, 1.82) is 0 Å². The Balaban J connectivity index is 0. The summed E-state index contributed by atoms with van der Waals surface area (Å²) in [5.74, 6) is 0. The van der Waals surface area contributed by atoms with Gasteiger partial charge in [-0.2, -0.15) is 10.2 Å². The molecule has 0 saturated carbocycles. The van der Waals surface area contributed by atoms with Gasteiger partial charge in [0.15, 0.2) is 0 Å². The number of benzene rings is 2. The Morgan fingerprint density at radius 1 is 0.571 bits per heavy atom. The third kappa shape index (κ3) is 9.74. The van der Waals surface area contributed by atoms with Crippen LogP contribution in [-0.4, -0.2) is 17.4 Å². The Morgan fingerprint density at radius 3 is 1.36 bits per heavy atom. The van der Waals surface area contributed by atoms with Gasteiger partial charge in [-0.1, -0.05) is 42.5 Å². The molecule has 2 aromatic carbocycles. The normalized spacial score (nSPS) is 9.43. The first-order valence-electron chi connectivity index (χ1n) is 7.55. The van der Waals surface area contributed by atoms with Crippen LogP contribution in [0.2, 0.25) is 0 Å². The van der Waals surface area contributed by atoms with Crippen LogP contribution in [0.15, 0.2) is 89.1 Å². The molecule has 0 fully saturated rings. The van der Waals surface area contributed by atoms with Crippen LogP contribution in [0.4, 0.5) is 11.4 Å². The fourth-order valence-electron chi connectivity index (χ4n) is 1.98. The van der Waals surface area contributed by atoms with E-state index in [0.29, 0.717) is 0 Å². The molecule has 0 saturated heterocycles. The number of hydrogen-bond acceptors (Lipinski definition) is 5. The maximum Gasteiger partial charge on any atom is 3.00 e. The summed E-state index contributed by atoms with van der Waals surface area (Å²) in [5, 5.41) is 8.37. The number of para-hydroxylation sites is 2. The molecule has 0 unspecified atom stereocenters. The molecule has 3 rings (SSSR count). The molecule has 0 bridgehead atoms. The quantitative estimate of drug-likeness (QED) is 0.212. The van der Waals surface area contributed by atoms with Gasteiger partial charge >= 0.3 is 17.1 Å². The summed E-state index contributed by atoms with van der Waals surface area (Å²) in [5.41, 5.74) is 9.28. The summed E-state index contributed by atoms with van der Waals surface area (Å²) >= 11 is 0. The second-order valence-corrected chi connectivity index (χ2v) is 4.96. The van der Waals surface area contributed by atoms with E-state index in [4.69, 9.17) is 0 Å². The van der Waals surface area contributed by atoms with Crippen molar-refractivity contribution in [2.24, 2.45) is 10.2 Å². The molecule has 0 atom stereocenters. The minimum absolute atomic E-state index is 0. The SMILES string of the molecule is C(=NNc1ccccc1)c1cccc(C=NNc2ccccc2)n1.[Cl-].[Cl-].[Cl-].[Fe+3]. The van der Waals surface area contributed by atoms with Crippen molar-refractivity contribution in [1.82, 2.24) is 4.98 Å². The molecule has 5 nitrogen and oxygen atoms in total. The molecule has 0 amide bonds. The predicted octanol–water partition coefficient (Wildman–Crippen LogP) is -5.02. The number of pyridine rings is 1. The van der Waals surface area contributed by atoms with Gasteiger partial charge in [-0.05, 0) is 36.4 Å². The Morgan fingerprint density at radius 2 is 0.964 bits per heavy atom. The van der Waals surface area contributed by atoms with Crippen LogP contribution in [0.5, 0.6) is 0 Å². The van der Waals surface area contributed by atoms with Gasteiger partial charge in [-0.3, -0.25) is 10.9 Å². The van der Waals surface area contributed by atoms with Crippen molar-refractivity contribution in [3.05, 3.63) is 90.3 Å². The van der Waals surface area contributed by atoms with Gasteiger partial charge < -0.3 is 37.2 Å². The third-order valence-electron chi connectivity index (χ3n) is 3.12. The Labute approximate surface area is 193 Å². The van der Waals surface area contributed by atoms with E-state index >= 15 is 0 Å². The average Bonchev–Trinajstić information content (AvgIpc) is 2.64. The topological polar surface area (TPSA) is 61.7 Å². The molecular weight excluding hydrogens is 460 g/mol. The zero-order valence-corrected chi connectivity index (χ0v) is 17.9. The summed E-state index contributed by atoms with van der Waals surface area (Å²) in [7, 11) is 0. The van der Waals surface area contributed by atoms with E-state index in [9.17, 15) is 0 Å². The fourth-order valence-corrected chi connectivity index (χ4v) is 1.98. The molecule has 147 valence electrons. The smallest absolute Gasteiger partial charge is 1.00 e. The number of hydrazone groups is 2.